The van der Waals surface area contributed by atoms with Gasteiger partial charge in [-0.1, -0.05) is 25.3 Å². The summed E-state index contributed by atoms with van der Waals surface area (Å²) in [5, 5.41) is 2.83. The molecule has 1 saturated carbocycles. The van der Waals surface area contributed by atoms with E-state index < -0.39 is 33.1 Å². The zero-order valence-electron chi connectivity index (χ0n) is 17.9. The van der Waals surface area contributed by atoms with Crippen molar-refractivity contribution >= 4 is 32.5 Å². The number of H-pyrrole nitrogens is 1. The van der Waals surface area contributed by atoms with Crippen molar-refractivity contribution in [1.29, 1.82) is 0 Å². The predicted octanol–water partition coefficient (Wildman–Crippen LogP) is 4.41. The Kier molecular flexibility index (Phi) is 6.39. The zero-order valence-corrected chi connectivity index (χ0v) is 18.7. The second kappa shape index (κ2) is 9.13. The highest BCUT2D eigenvalue weighted by Gasteiger charge is 2.31. The van der Waals surface area contributed by atoms with Crippen LogP contribution in [0.25, 0.3) is 10.9 Å². The van der Waals surface area contributed by atoms with Crippen molar-refractivity contribution in [3.8, 4) is 0 Å². The lowest BCUT2D eigenvalue weighted by molar-refractivity contribution is -0.137. The van der Waals surface area contributed by atoms with Crippen molar-refractivity contribution in [3.05, 3.63) is 70.0 Å². The fourth-order valence-corrected chi connectivity index (χ4v) is 5.09. The van der Waals surface area contributed by atoms with Crippen molar-refractivity contribution in [2.45, 2.75) is 49.2 Å². The maximum atomic E-state index is 13.0. The molecule has 0 unspecified atom stereocenters. The molecule has 0 atom stereocenters. The summed E-state index contributed by atoms with van der Waals surface area (Å²) in [5.74, 6) is -0.537. The first kappa shape index (κ1) is 23.8. The minimum atomic E-state index is -4.63. The van der Waals surface area contributed by atoms with Gasteiger partial charge in [-0.2, -0.15) is 13.2 Å². The molecule has 1 aliphatic carbocycles. The number of nitrogens with one attached hydrogen (secondary N) is 3. The number of halogens is 3. The van der Waals surface area contributed by atoms with Gasteiger partial charge in [-0.3, -0.25) is 14.3 Å². The summed E-state index contributed by atoms with van der Waals surface area (Å²) in [6, 6.07) is 7.45. The predicted molar refractivity (Wildman–Crippen MR) is 121 cm³/mol. The maximum absolute atomic E-state index is 13.0. The van der Waals surface area contributed by atoms with Crippen LogP contribution in [0.3, 0.4) is 0 Å². The summed E-state index contributed by atoms with van der Waals surface area (Å²) in [7, 11) is -4.31. The fourth-order valence-electron chi connectivity index (χ4n) is 4.02. The number of alkyl halides is 3. The van der Waals surface area contributed by atoms with Crippen LogP contribution in [-0.2, 0) is 16.2 Å². The molecule has 0 radical (unpaired) electrons. The number of hydrogen-bond acceptors (Lipinski definition) is 4. The summed E-state index contributed by atoms with van der Waals surface area (Å²) in [5.41, 5.74) is -1.74. The van der Waals surface area contributed by atoms with Crippen molar-refractivity contribution in [3.63, 3.8) is 0 Å². The molecule has 0 saturated heterocycles. The van der Waals surface area contributed by atoms with Crippen LogP contribution in [0.2, 0.25) is 0 Å². The summed E-state index contributed by atoms with van der Waals surface area (Å²) >= 11 is 0. The summed E-state index contributed by atoms with van der Waals surface area (Å²) in [4.78, 5) is 28.1. The first-order valence-corrected chi connectivity index (χ1v) is 12.2. The Morgan fingerprint density at radius 1 is 1.03 bits per heavy atom. The number of pyridine rings is 1. The minimum absolute atomic E-state index is 0.0141. The SMILES string of the molecule is O=C(NC1CCCCC1)c1c[nH]c2ccc(S(=O)(=O)Nc3cccc(C(F)(F)F)c3)cc2c1=O. The second-order valence-electron chi connectivity index (χ2n) is 8.23. The van der Waals surface area contributed by atoms with E-state index >= 15 is 0 Å². The van der Waals surface area contributed by atoms with Crippen LogP contribution in [0.5, 0.6) is 0 Å². The molecule has 7 nitrogen and oxygen atoms in total. The third-order valence-corrected chi connectivity index (χ3v) is 7.17. The van der Waals surface area contributed by atoms with Crippen LogP contribution in [0.1, 0.15) is 48.0 Å². The fraction of sp³-hybridized carbons (Fsp3) is 0.304. The quantitative estimate of drug-likeness (QED) is 0.489. The Labute approximate surface area is 193 Å². The lowest BCUT2D eigenvalue weighted by atomic mass is 9.95. The number of carbonyl (C=O) groups is 1. The van der Waals surface area contributed by atoms with Gasteiger partial charge in [0.15, 0.2) is 0 Å². The number of aromatic amines is 1. The van der Waals surface area contributed by atoms with Gasteiger partial charge in [0.2, 0.25) is 5.43 Å². The van der Waals surface area contributed by atoms with E-state index in [4.69, 9.17) is 0 Å². The lowest BCUT2D eigenvalue weighted by Gasteiger charge is -2.22. The van der Waals surface area contributed by atoms with Gasteiger partial charge >= 0.3 is 6.18 Å². The standard InChI is InChI=1S/C23H22F3N3O4S/c24-23(25,26)14-5-4-8-16(11-14)29-34(32,33)17-9-10-20-18(12-17)21(30)19(13-27-20)22(31)28-15-6-2-1-3-7-15/h4-5,8-13,15,29H,1-3,6-7H2,(H,27,30)(H,28,31). The Hall–Kier alpha value is -3.34. The number of aromatic nitrogens is 1. The van der Waals surface area contributed by atoms with Crippen LogP contribution >= 0.6 is 0 Å². The van der Waals surface area contributed by atoms with Gasteiger partial charge in [0.05, 0.1) is 10.5 Å². The van der Waals surface area contributed by atoms with Gasteiger partial charge in [0, 0.05) is 28.8 Å². The molecule has 3 aromatic rings. The van der Waals surface area contributed by atoms with Crippen LogP contribution in [0, 0.1) is 0 Å². The Bertz CT molecular complexity index is 1390. The number of sulfonamides is 1. The Morgan fingerprint density at radius 2 is 1.76 bits per heavy atom. The van der Waals surface area contributed by atoms with Crippen LogP contribution < -0.4 is 15.5 Å². The second-order valence-corrected chi connectivity index (χ2v) is 9.91. The number of hydrogen-bond donors (Lipinski definition) is 3. The van der Waals surface area contributed by atoms with E-state index in [-0.39, 0.29) is 27.6 Å². The molecule has 1 fully saturated rings. The average molecular weight is 494 g/mol. The van der Waals surface area contributed by atoms with Gasteiger partial charge in [0.25, 0.3) is 15.9 Å². The molecule has 180 valence electrons. The third kappa shape index (κ3) is 5.09. The van der Waals surface area contributed by atoms with Crippen molar-refractivity contribution < 1.29 is 26.4 Å². The Balaban J connectivity index is 1.64. The van der Waals surface area contributed by atoms with Gasteiger partial charge in [-0.25, -0.2) is 8.42 Å². The normalized spacial score (nSPS) is 15.3. The van der Waals surface area contributed by atoms with E-state index in [0.29, 0.717) is 11.6 Å². The maximum Gasteiger partial charge on any atom is 0.416 e. The largest absolute Gasteiger partial charge is 0.416 e. The molecule has 2 aromatic carbocycles. The van der Waals surface area contributed by atoms with Crippen molar-refractivity contribution in [2.24, 2.45) is 0 Å². The highest BCUT2D eigenvalue weighted by atomic mass is 32.2. The number of anilines is 1. The lowest BCUT2D eigenvalue weighted by Crippen LogP contribution is -2.38. The van der Waals surface area contributed by atoms with E-state index in [0.717, 1.165) is 50.3 Å². The highest BCUT2D eigenvalue weighted by Crippen LogP contribution is 2.31. The van der Waals surface area contributed by atoms with Crippen LogP contribution in [-0.4, -0.2) is 25.4 Å². The van der Waals surface area contributed by atoms with E-state index in [1.807, 2.05) is 0 Å². The molecular formula is C23H22F3N3O4S. The summed E-state index contributed by atoms with van der Waals surface area (Å²) in [6.07, 6.45) is 1.43. The van der Waals surface area contributed by atoms with E-state index in [1.54, 1.807) is 0 Å². The first-order chi connectivity index (χ1) is 16.0. The monoisotopic (exact) mass is 493 g/mol. The number of carbonyl (C=O) groups excluding carboxylic acids is 1. The first-order valence-electron chi connectivity index (χ1n) is 10.7. The number of fused-ring (bicyclic) bond motifs is 1. The third-order valence-electron chi connectivity index (χ3n) is 5.79. The molecule has 4 rings (SSSR count). The number of rotatable bonds is 5. The van der Waals surface area contributed by atoms with Crippen LogP contribution in [0.15, 0.2) is 58.4 Å². The molecule has 0 aliphatic heterocycles. The molecule has 1 amide bonds. The summed E-state index contributed by atoms with van der Waals surface area (Å²) < 4.78 is 66.6. The smallest absolute Gasteiger partial charge is 0.360 e. The Morgan fingerprint density at radius 3 is 2.47 bits per heavy atom. The molecule has 1 aromatic heterocycles. The zero-order chi connectivity index (χ0) is 24.5. The molecule has 3 N–H and O–H groups in total. The number of amides is 1. The molecule has 1 heterocycles. The molecular weight excluding hydrogens is 471 g/mol. The molecule has 0 spiro atoms. The van der Waals surface area contributed by atoms with Crippen LogP contribution in [0.4, 0.5) is 18.9 Å². The minimum Gasteiger partial charge on any atom is -0.360 e. The van der Waals surface area contributed by atoms with Gasteiger partial charge in [-0.05, 0) is 49.2 Å². The topological polar surface area (TPSA) is 108 Å². The average Bonchev–Trinajstić information content (AvgIpc) is 2.79. The van der Waals surface area contributed by atoms with E-state index in [1.165, 1.54) is 24.4 Å². The van der Waals surface area contributed by atoms with Crippen molar-refractivity contribution in [2.75, 3.05) is 4.72 Å². The molecule has 1 aliphatic rings. The molecule has 11 heteroatoms. The van der Waals surface area contributed by atoms with Crippen molar-refractivity contribution in [1.82, 2.24) is 10.3 Å². The number of benzene rings is 2. The molecule has 34 heavy (non-hydrogen) atoms. The molecule has 0 bridgehead atoms. The highest BCUT2D eigenvalue weighted by molar-refractivity contribution is 7.92. The van der Waals surface area contributed by atoms with E-state index in [9.17, 15) is 31.2 Å². The summed E-state index contributed by atoms with van der Waals surface area (Å²) in [6.45, 7) is 0. The van der Waals surface area contributed by atoms with Gasteiger partial charge < -0.3 is 10.3 Å². The van der Waals surface area contributed by atoms with E-state index in [2.05, 4.69) is 15.0 Å². The van der Waals surface area contributed by atoms with Gasteiger partial charge in [0.1, 0.15) is 5.56 Å². The van der Waals surface area contributed by atoms with Gasteiger partial charge in [-0.15, -0.1) is 0 Å².